The number of carbonyl (C=O) groups excluding carboxylic acids is 1. The molecule has 4 bridgehead atoms. The van der Waals surface area contributed by atoms with Gasteiger partial charge in [0.05, 0.1) is 0 Å². The summed E-state index contributed by atoms with van der Waals surface area (Å²) in [5.41, 5.74) is 0.969. The van der Waals surface area contributed by atoms with Crippen molar-refractivity contribution in [1.29, 1.82) is 0 Å². The summed E-state index contributed by atoms with van der Waals surface area (Å²) >= 11 is 5.65. The van der Waals surface area contributed by atoms with E-state index in [0.29, 0.717) is 10.8 Å². The van der Waals surface area contributed by atoms with Crippen molar-refractivity contribution in [1.82, 2.24) is 5.32 Å². The normalized spacial score (nSPS) is 51.6. The lowest BCUT2D eigenvalue weighted by Crippen LogP contribution is -2.65. The summed E-state index contributed by atoms with van der Waals surface area (Å²) in [6.07, 6.45) is 7.57. The maximum Gasteiger partial charge on any atom is 0.235 e. The summed E-state index contributed by atoms with van der Waals surface area (Å²) < 4.78 is 0. The SMILES string of the molecule is C[C@@]12CC3CC(NC(=O)CCl)(C1)C[C@@](C)(C3)C2. The zero-order chi connectivity index (χ0) is 12.3. The van der Waals surface area contributed by atoms with Crippen LogP contribution in [0.25, 0.3) is 0 Å². The fourth-order valence-corrected chi connectivity index (χ4v) is 5.98. The number of carbonyl (C=O) groups is 1. The largest absolute Gasteiger partial charge is 0.350 e. The Morgan fingerprint density at radius 3 is 2.24 bits per heavy atom. The predicted octanol–water partition coefficient (Wildman–Crippen LogP) is 3.09. The third kappa shape index (κ3) is 1.89. The minimum Gasteiger partial charge on any atom is -0.350 e. The molecule has 1 amide bonds. The van der Waals surface area contributed by atoms with Crippen molar-refractivity contribution in [2.45, 2.75) is 57.9 Å². The van der Waals surface area contributed by atoms with Gasteiger partial charge in [0.1, 0.15) is 5.88 Å². The fraction of sp³-hybridized carbons (Fsp3) is 0.929. The van der Waals surface area contributed by atoms with E-state index in [1.54, 1.807) is 0 Å². The Bertz CT molecular complexity index is 349. The second kappa shape index (κ2) is 3.40. The molecule has 0 saturated heterocycles. The molecule has 0 unspecified atom stereocenters. The van der Waals surface area contributed by atoms with Crippen LogP contribution in [-0.4, -0.2) is 17.3 Å². The average molecular weight is 256 g/mol. The van der Waals surface area contributed by atoms with E-state index in [1.165, 1.54) is 25.7 Å². The van der Waals surface area contributed by atoms with Gasteiger partial charge in [-0.15, -0.1) is 11.6 Å². The molecule has 4 aliphatic carbocycles. The quantitative estimate of drug-likeness (QED) is 0.755. The van der Waals surface area contributed by atoms with Crippen LogP contribution in [0.5, 0.6) is 0 Å². The first-order valence-electron chi connectivity index (χ1n) is 6.73. The molecule has 0 radical (unpaired) electrons. The molecular weight excluding hydrogens is 234 g/mol. The molecule has 2 nitrogen and oxygen atoms in total. The van der Waals surface area contributed by atoms with Crippen LogP contribution in [0, 0.1) is 16.7 Å². The van der Waals surface area contributed by atoms with Gasteiger partial charge in [-0.1, -0.05) is 13.8 Å². The molecule has 0 aliphatic heterocycles. The van der Waals surface area contributed by atoms with Gasteiger partial charge in [-0.25, -0.2) is 0 Å². The highest BCUT2D eigenvalue weighted by Crippen LogP contribution is 2.66. The maximum atomic E-state index is 11.7. The van der Waals surface area contributed by atoms with Gasteiger partial charge in [0, 0.05) is 5.54 Å². The van der Waals surface area contributed by atoms with E-state index < -0.39 is 0 Å². The van der Waals surface area contributed by atoms with Gasteiger partial charge in [-0.2, -0.15) is 0 Å². The van der Waals surface area contributed by atoms with Crippen molar-refractivity contribution >= 4 is 17.5 Å². The first-order valence-corrected chi connectivity index (χ1v) is 7.27. The summed E-state index contributed by atoms with van der Waals surface area (Å²) in [6, 6.07) is 0. The van der Waals surface area contributed by atoms with E-state index in [0.717, 1.165) is 18.8 Å². The molecule has 0 aromatic heterocycles. The van der Waals surface area contributed by atoms with Gasteiger partial charge in [-0.05, 0) is 55.3 Å². The van der Waals surface area contributed by atoms with E-state index >= 15 is 0 Å². The van der Waals surface area contributed by atoms with Crippen LogP contribution in [0.2, 0.25) is 0 Å². The number of hydrogen-bond donors (Lipinski definition) is 1. The highest BCUT2D eigenvalue weighted by molar-refractivity contribution is 6.27. The van der Waals surface area contributed by atoms with Gasteiger partial charge in [0.15, 0.2) is 0 Å². The monoisotopic (exact) mass is 255 g/mol. The second-order valence-electron chi connectivity index (χ2n) is 7.59. The Hall–Kier alpha value is -0.240. The number of alkyl halides is 1. The second-order valence-corrected chi connectivity index (χ2v) is 7.86. The smallest absolute Gasteiger partial charge is 0.235 e. The topological polar surface area (TPSA) is 29.1 Å². The molecule has 3 heteroatoms. The number of hydrogen-bond acceptors (Lipinski definition) is 1. The Morgan fingerprint density at radius 1 is 1.18 bits per heavy atom. The Balaban J connectivity index is 1.89. The van der Waals surface area contributed by atoms with E-state index in [9.17, 15) is 4.79 Å². The first kappa shape index (κ1) is 11.8. The third-order valence-corrected chi connectivity index (χ3v) is 5.39. The number of nitrogens with one attached hydrogen (secondary N) is 1. The van der Waals surface area contributed by atoms with E-state index in [4.69, 9.17) is 11.6 Å². The Labute approximate surface area is 108 Å². The van der Waals surface area contributed by atoms with Gasteiger partial charge in [-0.3, -0.25) is 4.79 Å². The molecule has 4 rings (SSSR count). The van der Waals surface area contributed by atoms with Crippen LogP contribution in [0.3, 0.4) is 0 Å². The lowest BCUT2D eigenvalue weighted by molar-refractivity contribution is -0.137. The average Bonchev–Trinajstić information content (AvgIpc) is 2.10. The van der Waals surface area contributed by atoms with Crippen LogP contribution in [-0.2, 0) is 4.79 Å². The molecule has 0 spiro atoms. The zero-order valence-corrected chi connectivity index (χ0v) is 11.6. The molecule has 0 heterocycles. The van der Waals surface area contributed by atoms with Crippen molar-refractivity contribution in [2.75, 3.05) is 5.88 Å². The molecule has 4 aliphatic rings. The third-order valence-electron chi connectivity index (χ3n) is 5.15. The van der Waals surface area contributed by atoms with Gasteiger partial charge >= 0.3 is 0 Å². The van der Waals surface area contributed by atoms with Crippen LogP contribution in [0.4, 0.5) is 0 Å². The van der Waals surface area contributed by atoms with Crippen molar-refractivity contribution < 1.29 is 4.79 Å². The van der Waals surface area contributed by atoms with Crippen LogP contribution in [0.1, 0.15) is 52.4 Å². The van der Waals surface area contributed by atoms with Crippen LogP contribution in [0.15, 0.2) is 0 Å². The van der Waals surface area contributed by atoms with Crippen molar-refractivity contribution in [3.63, 3.8) is 0 Å². The van der Waals surface area contributed by atoms with E-state index in [-0.39, 0.29) is 17.3 Å². The van der Waals surface area contributed by atoms with Crippen molar-refractivity contribution in [3.8, 4) is 0 Å². The van der Waals surface area contributed by atoms with Gasteiger partial charge in [0.2, 0.25) is 5.91 Å². The number of rotatable bonds is 2. The number of amides is 1. The summed E-state index contributed by atoms with van der Waals surface area (Å²) in [7, 11) is 0. The van der Waals surface area contributed by atoms with E-state index in [2.05, 4.69) is 19.2 Å². The maximum absolute atomic E-state index is 11.7. The van der Waals surface area contributed by atoms with Crippen LogP contribution >= 0.6 is 11.6 Å². The molecule has 0 aromatic carbocycles. The molecule has 0 aromatic rings. The first-order chi connectivity index (χ1) is 7.86. The van der Waals surface area contributed by atoms with Gasteiger partial charge < -0.3 is 5.32 Å². The highest BCUT2D eigenvalue weighted by atomic mass is 35.5. The molecule has 4 saturated carbocycles. The minimum absolute atomic E-state index is 0.0146. The lowest BCUT2D eigenvalue weighted by Gasteiger charge is -2.65. The fourth-order valence-electron chi connectivity index (χ4n) is 5.92. The number of halogens is 1. The minimum atomic E-state index is 0.0146. The Morgan fingerprint density at radius 2 is 1.76 bits per heavy atom. The predicted molar refractivity (Wildman–Crippen MR) is 69.0 cm³/mol. The highest BCUT2D eigenvalue weighted by Gasteiger charge is 2.60. The molecular formula is C14H22ClNO. The summed E-state index contributed by atoms with van der Waals surface area (Å²) in [4.78, 5) is 11.7. The summed E-state index contributed by atoms with van der Waals surface area (Å²) in [5, 5.41) is 3.25. The molecule has 17 heavy (non-hydrogen) atoms. The summed E-state index contributed by atoms with van der Waals surface area (Å²) in [6.45, 7) is 4.83. The zero-order valence-electron chi connectivity index (χ0n) is 10.8. The molecule has 1 N–H and O–H groups in total. The van der Waals surface area contributed by atoms with Crippen molar-refractivity contribution in [2.24, 2.45) is 16.7 Å². The lowest BCUT2D eigenvalue weighted by atomic mass is 9.43. The molecule has 2 atom stereocenters. The molecule has 96 valence electrons. The van der Waals surface area contributed by atoms with Crippen molar-refractivity contribution in [3.05, 3.63) is 0 Å². The van der Waals surface area contributed by atoms with Crippen LogP contribution < -0.4 is 5.32 Å². The summed E-state index contributed by atoms with van der Waals surface area (Å²) in [5.74, 6) is 0.928. The molecule has 4 fully saturated rings. The van der Waals surface area contributed by atoms with E-state index in [1.807, 2.05) is 0 Å². The standard InChI is InChI=1S/C14H22ClNO/c1-12-3-10-4-13(2,7-12)9-14(5-10,8-12)16-11(17)6-15/h10H,3-9H2,1-2H3,(H,16,17)/t10?,12-,13-,14?/m0/s1. The van der Waals surface area contributed by atoms with Gasteiger partial charge in [0.25, 0.3) is 0 Å². The Kier molecular flexibility index (Phi) is 2.37.